The van der Waals surface area contributed by atoms with E-state index in [4.69, 9.17) is 16.3 Å². The van der Waals surface area contributed by atoms with Crippen molar-refractivity contribution in [2.24, 2.45) is 0 Å². The molecular weight excluding hydrogens is 293 g/mol. The van der Waals surface area contributed by atoms with Crippen LogP contribution < -0.4 is 5.32 Å². The lowest BCUT2D eigenvalue weighted by molar-refractivity contribution is 0.105. The molecule has 0 radical (unpaired) electrons. The molecule has 6 heteroatoms. The smallest absolute Gasteiger partial charge is 0.148 e. The van der Waals surface area contributed by atoms with Gasteiger partial charge in [-0.25, -0.2) is 9.97 Å². The van der Waals surface area contributed by atoms with E-state index in [0.717, 1.165) is 13.0 Å². The monoisotopic (exact) mass is 305 g/mol. The Morgan fingerprint density at radius 1 is 1.62 bits per heavy atom. The second-order valence-corrected chi connectivity index (χ2v) is 5.28. The number of rotatable bonds is 2. The fourth-order valence-corrected chi connectivity index (χ4v) is 2.14. The van der Waals surface area contributed by atoms with Gasteiger partial charge in [-0.15, -0.1) is 0 Å². The standard InChI is InChI=1S/C10H13BrClN3O/c1-6-10(2,3-4-16-6)15-9-7(11)8(12)13-5-14-9/h5-6H,3-4H2,1-2H3,(H,13,14,15). The third-order valence-corrected chi connectivity index (χ3v) is 4.30. The Kier molecular flexibility index (Phi) is 3.37. The van der Waals surface area contributed by atoms with E-state index in [-0.39, 0.29) is 11.6 Å². The molecule has 2 rings (SSSR count). The minimum absolute atomic E-state index is 0.111. The molecule has 0 spiro atoms. The second-order valence-electron chi connectivity index (χ2n) is 4.13. The van der Waals surface area contributed by atoms with Crippen LogP contribution in [0.2, 0.25) is 5.15 Å². The lowest BCUT2D eigenvalue weighted by Gasteiger charge is -2.29. The van der Waals surface area contributed by atoms with Crippen molar-refractivity contribution in [1.29, 1.82) is 0 Å². The summed E-state index contributed by atoms with van der Waals surface area (Å²) in [7, 11) is 0. The van der Waals surface area contributed by atoms with Crippen LogP contribution in [0.1, 0.15) is 20.3 Å². The molecule has 4 nitrogen and oxygen atoms in total. The second kappa shape index (κ2) is 4.47. The Labute approximate surface area is 108 Å². The number of nitrogens with zero attached hydrogens (tertiary/aromatic N) is 2. The maximum Gasteiger partial charge on any atom is 0.148 e. The summed E-state index contributed by atoms with van der Waals surface area (Å²) in [5.74, 6) is 0.708. The van der Waals surface area contributed by atoms with Gasteiger partial charge in [-0.1, -0.05) is 11.6 Å². The van der Waals surface area contributed by atoms with Crippen molar-refractivity contribution in [2.75, 3.05) is 11.9 Å². The molecule has 1 N–H and O–H groups in total. The van der Waals surface area contributed by atoms with Crippen LogP contribution in [0.25, 0.3) is 0 Å². The Bertz CT molecular complexity index is 404. The summed E-state index contributed by atoms with van der Waals surface area (Å²) in [6.45, 7) is 4.94. The number of nitrogens with one attached hydrogen (secondary N) is 1. The van der Waals surface area contributed by atoms with E-state index in [2.05, 4.69) is 45.1 Å². The van der Waals surface area contributed by atoms with E-state index >= 15 is 0 Å². The molecule has 1 saturated heterocycles. The molecule has 1 aliphatic heterocycles. The first kappa shape index (κ1) is 12.1. The Hall–Kier alpha value is -0.390. The number of hydrogen-bond acceptors (Lipinski definition) is 4. The number of anilines is 1. The molecule has 0 bridgehead atoms. The van der Waals surface area contributed by atoms with Crippen LogP contribution in [-0.4, -0.2) is 28.2 Å². The molecule has 1 aliphatic rings. The van der Waals surface area contributed by atoms with Gasteiger partial charge in [0.05, 0.1) is 16.1 Å². The lowest BCUT2D eigenvalue weighted by Crippen LogP contribution is -2.41. The van der Waals surface area contributed by atoms with Crippen molar-refractivity contribution >= 4 is 33.3 Å². The molecule has 1 fully saturated rings. The Balaban J connectivity index is 2.24. The van der Waals surface area contributed by atoms with Gasteiger partial charge in [0.1, 0.15) is 17.3 Å². The quantitative estimate of drug-likeness (QED) is 0.854. The molecule has 2 atom stereocenters. The van der Waals surface area contributed by atoms with Gasteiger partial charge in [0, 0.05) is 6.61 Å². The van der Waals surface area contributed by atoms with Gasteiger partial charge in [-0.2, -0.15) is 0 Å². The molecule has 2 heterocycles. The number of ether oxygens (including phenoxy) is 1. The van der Waals surface area contributed by atoms with Crippen LogP contribution in [-0.2, 0) is 4.74 Å². The largest absolute Gasteiger partial charge is 0.376 e. The highest BCUT2D eigenvalue weighted by atomic mass is 79.9. The molecule has 1 aromatic heterocycles. The predicted octanol–water partition coefficient (Wildman–Crippen LogP) is 2.87. The van der Waals surface area contributed by atoms with Crippen LogP contribution in [0.3, 0.4) is 0 Å². The molecule has 16 heavy (non-hydrogen) atoms. The van der Waals surface area contributed by atoms with Gasteiger partial charge in [-0.3, -0.25) is 0 Å². The fourth-order valence-electron chi connectivity index (χ4n) is 1.71. The molecule has 0 amide bonds. The SMILES string of the molecule is CC1OCCC1(C)Nc1ncnc(Cl)c1Br. The van der Waals surface area contributed by atoms with Crippen LogP contribution in [0.4, 0.5) is 5.82 Å². The van der Waals surface area contributed by atoms with Crippen molar-refractivity contribution in [1.82, 2.24) is 9.97 Å². The third-order valence-electron chi connectivity index (χ3n) is 3.04. The van der Waals surface area contributed by atoms with E-state index in [0.29, 0.717) is 15.4 Å². The summed E-state index contributed by atoms with van der Waals surface area (Å²) < 4.78 is 6.25. The summed E-state index contributed by atoms with van der Waals surface area (Å²) in [6, 6.07) is 0. The van der Waals surface area contributed by atoms with E-state index in [1.165, 1.54) is 6.33 Å². The Morgan fingerprint density at radius 3 is 3.00 bits per heavy atom. The highest BCUT2D eigenvalue weighted by molar-refractivity contribution is 9.10. The van der Waals surface area contributed by atoms with Gasteiger partial charge in [0.25, 0.3) is 0 Å². The van der Waals surface area contributed by atoms with Crippen LogP contribution in [0.15, 0.2) is 10.8 Å². The average Bonchev–Trinajstić information content (AvgIpc) is 2.55. The molecular formula is C10H13BrClN3O. The summed E-state index contributed by atoms with van der Waals surface area (Å²) in [4.78, 5) is 8.07. The zero-order chi connectivity index (χ0) is 11.8. The van der Waals surface area contributed by atoms with Crippen molar-refractivity contribution in [3.05, 3.63) is 16.0 Å². The van der Waals surface area contributed by atoms with E-state index in [9.17, 15) is 0 Å². The molecule has 0 saturated carbocycles. The minimum Gasteiger partial charge on any atom is -0.376 e. The fraction of sp³-hybridized carbons (Fsp3) is 0.600. The van der Waals surface area contributed by atoms with Crippen molar-refractivity contribution in [2.45, 2.75) is 31.9 Å². The zero-order valence-electron chi connectivity index (χ0n) is 9.13. The molecule has 88 valence electrons. The highest BCUT2D eigenvalue weighted by Crippen LogP contribution is 2.33. The predicted molar refractivity (Wildman–Crippen MR) is 66.8 cm³/mol. The zero-order valence-corrected chi connectivity index (χ0v) is 11.5. The Morgan fingerprint density at radius 2 is 2.38 bits per heavy atom. The molecule has 1 aromatic rings. The highest BCUT2D eigenvalue weighted by Gasteiger charge is 2.37. The number of halogens is 2. The summed E-state index contributed by atoms with van der Waals surface area (Å²) in [5.41, 5.74) is -0.111. The normalized spacial score (nSPS) is 29.4. The number of hydrogen-bond donors (Lipinski definition) is 1. The molecule has 0 aromatic carbocycles. The number of aromatic nitrogens is 2. The van der Waals surface area contributed by atoms with Gasteiger partial charge in [-0.05, 0) is 36.2 Å². The maximum absolute atomic E-state index is 5.91. The first-order chi connectivity index (χ1) is 7.53. The average molecular weight is 307 g/mol. The summed E-state index contributed by atoms with van der Waals surface area (Å²) in [6.07, 6.45) is 2.54. The summed E-state index contributed by atoms with van der Waals surface area (Å²) >= 11 is 9.28. The lowest BCUT2D eigenvalue weighted by atomic mass is 9.95. The summed E-state index contributed by atoms with van der Waals surface area (Å²) in [5, 5.41) is 3.78. The topological polar surface area (TPSA) is 47.0 Å². The van der Waals surface area contributed by atoms with Crippen LogP contribution >= 0.6 is 27.5 Å². The van der Waals surface area contributed by atoms with Gasteiger partial charge in [0.2, 0.25) is 0 Å². The van der Waals surface area contributed by atoms with Crippen molar-refractivity contribution < 1.29 is 4.74 Å². The van der Waals surface area contributed by atoms with E-state index in [1.807, 2.05) is 0 Å². The van der Waals surface area contributed by atoms with E-state index in [1.54, 1.807) is 0 Å². The van der Waals surface area contributed by atoms with Gasteiger partial charge in [0.15, 0.2) is 0 Å². The first-order valence-corrected chi connectivity index (χ1v) is 6.26. The first-order valence-electron chi connectivity index (χ1n) is 5.09. The molecule has 0 aliphatic carbocycles. The third kappa shape index (κ3) is 2.17. The van der Waals surface area contributed by atoms with Crippen LogP contribution in [0, 0.1) is 0 Å². The van der Waals surface area contributed by atoms with Crippen LogP contribution in [0.5, 0.6) is 0 Å². The van der Waals surface area contributed by atoms with Crippen molar-refractivity contribution in [3.63, 3.8) is 0 Å². The van der Waals surface area contributed by atoms with Gasteiger partial charge >= 0.3 is 0 Å². The van der Waals surface area contributed by atoms with E-state index < -0.39 is 0 Å². The van der Waals surface area contributed by atoms with Crippen molar-refractivity contribution in [3.8, 4) is 0 Å². The maximum atomic E-state index is 5.91. The molecule has 2 unspecified atom stereocenters. The van der Waals surface area contributed by atoms with Gasteiger partial charge < -0.3 is 10.1 Å². The minimum atomic E-state index is -0.111.